The second-order valence-electron chi connectivity index (χ2n) is 4.82. The van der Waals surface area contributed by atoms with Crippen molar-refractivity contribution in [3.63, 3.8) is 0 Å². The number of rotatable bonds is 5. The summed E-state index contributed by atoms with van der Waals surface area (Å²) in [5.41, 5.74) is 1.53. The monoisotopic (exact) mass is 406 g/mol. The molecule has 0 aliphatic heterocycles. The van der Waals surface area contributed by atoms with Crippen LogP contribution in [0.3, 0.4) is 0 Å². The van der Waals surface area contributed by atoms with Crippen LogP contribution in [0.2, 0.25) is 5.02 Å². The molecule has 0 aliphatic carbocycles. The van der Waals surface area contributed by atoms with Gasteiger partial charge in [0.15, 0.2) is 6.61 Å². The lowest BCUT2D eigenvalue weighted by Gasteiger charge is -2.07. The van der Waals surface area contributed by atoms with E-state index in [-0.39, 0.29) is 11.4 Å². The van der Waals surface area contributed by atoms with Gasteiger partial charge in [-0.2, -0.15) is 5.26 Å². The van der Waals surface area contributed by atoms with Crippen LogP contribution in [0.5, 0.6) is 0 Å². The average molecular weight is 408 g/mol. The second-order valence-corrected chi connectivity index (χ2v) is 6.14. The Kier molecular flexibility index (Phi) is 6.36. The van der Waals surface area contributed by atoms with Crippen LogP contribution in [0.25, 0.3) is 0 Å². The molecule has 2 aromatic carbocycles. The van der Waals surface area contributed by atoms with Crippen molar-refractivity contribution in [2.45, 2.75) is 6.42 Å². The molecule has 1 N–H and O–H groups in total. The lowest BCUT2D eigenvalue weighted by Crippen LogP contribution is -2.21. The van der Waals surface area contributed by atoms with E-state index in [4.69, 9.17) is 21.6 Å². The fraction of sp³-hybridized carbons (Fsp3) is 0.118. The molecule has 7 heteroatoms. The Hall–Kier alpha value is -2.36. The fourth-order valence-electron chi connectivity index (χ4n) is 1.85. The Morgan fingerprint density at radius 3 is 2.54 bits per heavy atom. The van der Waals surface area contributed by atoms with Gasteiger partial charge in [-0.25, -0.2) is 0 Å². The maximum Gasteiger partial charge on any atom is 0.310 e. The van der Waals surface area contributed by atoms with Crippen LogP contribution in [-0.4, -0.2) is 18.5 Å². The first kappa shape index (κ1) is 18.0. The van der Waals surface area contributed by atoms with Gasteiger partial charge in [-0.05, 0) is 35.9 Å². The molecule has 0 unspecified atom stereocenters. The Balaban J connectivity index is 1.82. The predicted octanol–water partition coefficient (Wildman–Crippen LogP) is 3.70. The number of ether oxygens (including phenoxy) is 1. The van der Waals surface area contributed by atoms with Crippen molar-refractivity contribution in [2.75, 3.05) is 11.9 Å². The molecule has 0 heterocycles. The van der Waals surface area contributed by atoms with Crippen LogP contribution in [0.1, 0.15) is 11.1 Å². The number of nitriles is 1. The van der Waals surface area contributed by atoms with Crippen molar-refractivity contribution in [2.24, 2.45) is 0 Å². The summed E-state index contributed by atoms with van der Waals surface area (Å²) in [6, 6.07) is 13.7. The van der Waals surface area contributed by atoms with Crippen molar-refractivity contribution in [3.8, 4) is 6.07 Å². The van der Waals surface area contributed by atoms with E-state index >= 15 is 0 Å². The largest absolute Gasteiger partial charge is 0.455 e. The SMILES string of the molecule is N#Cc1ccc(NC(=O)COC(=O)Cc2ccc(Br)cc2)cc1Cl. The molecular formula is C17H12BrClN2O3. The Morgan fingerprint density at radius 2 is 1.92 bits per heavy atom. The summed E-state index contributed by atoms with van der Waals surface area (Å²) in [4.78, 5) is 23.5. The van der Waals surface area contributed by atoms with E-state index in [0.29, 0.717) is 11.3 Å². The van der Waals surface area contributed by atoms with Crippen LogP contribution in [-0.2, 0) is 20.7 Å². The Labute approximate surface area is 152 Å². The number of hydrogen-bond acceptors (Lipinski definition) is 4. The standard InChI is InChI=1S/C17H12BrClN2O3/c18-13-4-1-11(2-5-13)7-17(23)24-10-16(22)21-14-6-3-12(9-20)15(19)8-14/h1-6,8H,7,10H2,(H,21,22). The summed E-state index contributed by atoms with van der Waals surface area (Å²) in [5, 5.41) is 11.6. The smallest absolute Gasteiger partial charge is 0.310 e. The number of nitrogens with zero attached hydrogens (tertiary/aromatic N) is 1. The van der Waals surface area contributed by atoms with Crippen molar-refractivity contribution in [1.29, 1.82) is 5.26 Å². The number of esters is 1. The number of benzene rings is 2. The highest BCUT2D eigenvalue weighted by atomic mass is 79.9. The Bertz CT molecular complexity index is 800. The van der Waals surface area contributed by atoms with Gasteiger partial charge in [-0.3, -0.25) is 9.59 Å². The molecule has 0 spiro atoms. The van der Waals surface area contributed by atoms with Gasteiger partial charge in [-0.1, -0.05) is 39.7 Å². The summed E-state index contributed by atoms with van der Waals surface area (Å²) in [6.45, 7) is -0.396. The summed E-state index contributed by atoms with van der Waals surface area (Å²) >= 11 is 9.19. The summed E-state index contributed by atoms with van der Waals surface area (Å²) in [5.74, 6) is -0.981. The Morgan fingerprint density at radius 1 is 1.21 bits per heavy atom. The van der Waals surface area contributed by atoms with E-state index in [0.717, 1.165) is 10.0 Å². The number of amides is 1. The quantitative estimate of drug-likeness (QED) is 0.767. The molecule has 2 aromatic rings. The lowest BCUT2D eigenvalue weighted by molar-refractivity contribution is -0.146. The van der Waals surface area contributed by atoms with Gasteiger partial charge in [-0.15, -0.1) is 0 Å². The minimum atomic E-state index is -0.495. The van der Waals surface area contributed by atoms with E-state index in [1.165, 1.54) is 12.1 Å². The summed E-state index contributed by atoms with van der Waals surface area (Å²) in [6.07, 6.45) is 0.0866. The minimum Gasteiger partial charge on any atom is -0.455 e. The van der Waals surface area contributed by atoms with Gasteiger partial charge < -0.3 is 10.1 Å². The molecule has 122 valence electrons. The molecule has 5 nitrogen and oxygen atoms in total. The number of halogens is 2. The van der Waals surface area contributed by atoms with Gasteiger partial charge in [0.2, 0.25) is 0 Å². The van der Waals surface area contributed by atoms with E-state index in [9.17, 15) is 9.59 Å². The van der Waals surface area contributed by atoms with Crippen molar-refractivity contribution in [3.05, 3.63) is 63.1 Å². The van der Waals surface area contributed by atoms with Gasteiger partial charge in [0, 0.05) is 10.2 Å². The number of hydrogen-bond donors (Lipinski definition) is 1. The molecule has 0 atom stereocenters. The highest BCUT2D eigenvalue weighted by Crippen LogP contribution is 2.20. The first-order valence-electron chi connectivity index (χ1n) is 6.87. The van der Waals surface area contributed by atoms with E-state index in [1.54, 1.807) is 18.2 Å². The van der Waals surface area contributed by atoms with Crippen LogP contribution in [0.15, 0.2) is 46.9 Å². The zero-order valence-corrected chi connectivity index (χ0v) is 14.7. The maximum atomic E-state index is 11.8. The average Bonchev–Trinajstić information content (AvgIpc) is 2.55. The third-order valence-electron chi connectivity index (χ3n) is 3.00. The highest BCUT2D eigenvalue weighted by Gasteiger charge is 2.10. The number of carbonyl (C=O) groups excluding carboxylic acids is 2. The van der Waals surface area contributed by atoms with E-state index < -0.39 is 18.5 Å². The first-order chi connectivity index (χ1) is 11.5. The van der Waals surface area contributed by atoms with Crippen LogP contribution >= 0.6 is 27.5 Å². The minimum absolute atomic E-state index is 0.0866. The third kappa shape index (κ3) is 5.37. The molecule has 0 bridgehead atoms. The number of nitrogens with one attached hydrogen (secondary N) is 1. The normalized spacial score (nSPS) is 9.88. The van der Waals surface area contributed by atoms with Crippen LogP contribution in [0, 0.1) is 11.3 Å². The van der Waals surface area contributed by atoms with Crippen molar-refractivity contribution < 1.29 is 14.3 Å². The summed E-state index contributed by atoms with van der Waals surface area (Å²) in [7, 11) is 0. The number of carbonyl (C=O) groups is 2. The molecule has 24 heavy (non-hydrogen) atoms. The van der Waals surface area contributed by atoms with Crippen LogP contribution in [0.4, 0.5) is 5.69 Å². The molecule has 0 saturated carbocycles. The summed E-state index contributed by atoms with van der Waals surface area (Å²) < 4.78 is 5.85. The van der Waals surface area contributed by atoms with Crippen LogP contribution < -0.4 is 5.32 Å². The first-order valence-corrected chi connectivity index (χ1v) is 8.04. The fourth-order valence-corrected chi connectivity index (χ4v) is 2.33. The highest BCUT2D eigenvalue weighted by molar-refractivity contribution is 9.10. The number of anilines is 1. The lowest BCUT2D eigenvalue weighted by atomic mass is 10.2. The zero-order chi connectivity index (χ0) is 17.5. The predicted molar refractivity (Wildman–Crippen MR) is 93.6 cm³/mol. The molecule has 0 aliphatic rings. The zero-order valence-electron chi connectivity index (χ0n) is 12.4. The third-order valence-corrected chi connectivity index (χ3v) is 3.84. The van der Waals surface area contributed by atoms with Crippen molar-refractivity contribution >= 4 is 45.1 Å². The van der Waals surface area contributed by atoms with Crippen molar-refractivity contribution in [1.82, 2.24) is 0 Å². The van der Waals surface area contributed by atoms with E-state index in [2.05, 4.69) is 21.2 Å². The maximum absolute atomic E-state index is 11.8. The molecule has 1 amide bonds. The molecule has 0 saturated heterocycles. The molecule has 0 fully saturated rings. The molecule has 0 aromatic heterocycles. The van der Waals surface area contributed by atoms with Gasteiger partial charge in [0.25, 0.3) is 5.91 Å². The molecule has 0 radical (unpaired) electrons. The van der Waals surface area contributed by atoms with Gasteiger partial charge in [0.1, 0.15) is 6.07 Å². The second kappa shape index (κ2) is 8.48. The van der Waals surface area contributed by atoms with E-state index in [1.807, 2.05) is 18.2 Å². The van der Waals surface area contributed by atoms with Gasteiger partial charge in [0.05, 0.1) is 17.0 Å². The topological polar surface area (TPSA) is 79.2 Å². The van der Waals surface area contributed by atoms with Gasteiger partial charge >= 0.3 is 5.97 Å². The molecule has 2 rings (SSSR count). The molecular weight excluding hydrogens is 396 g/mol.